The first-order valence-corrected chi connectivity index (χ1v) is 6.53. The Labute approximate surface area is 105 Å². The number of aromatic nitrogens is 2. The molecule has 0 amide bonds. The van der Waals surface area contributed by atoms with Crippen molar-refractivity contribution in [3.63, 3.8) is 0 Å². The van der Waals surface area contributed by atoms with E-state index < -0.39 is 0 Å². The molecule has 0 spiro atoms. The number of nitrogens with zero attached hydrogens (tertiary/aromatic N) is 3. The molecule has 1 aromatic heterocycles. The largest absolute Gasteiger partial charge is 0.330 e. The first-order chi connectivity index (χ1) is 8.06. The van der Waals surface area contributed by atoms with Crippen molar-refractivity contribution in [2.24, 2.45) is 11.7 Å². The van der Waals surface area contributed by atoms with E-state index >= 15 is 0 Å². The zero-order valence-electron chi connectivity index (χ0n) is 11.6. The minimum atomic E-state index is 0.432. The molecule has 0 aliphatic rings. The Balaban J connectivity index is 2.54. The highest BCUT2D eigenvalue weighted by Crippen LogP contribution is 2.08. The van der Waals surface area contributed by atoms with Crippen molar-refractivity contribution >= 4 is 0 Å². The molecule has 98 valence electrons. The summed E-state index contributed by atoms with van der Waals surface area (Å²) in [6, 6.07) is 2.54. The second kappa shape index (κ2) is 6.77. The van der Waals surface area contributed by atoms with Gasteiger partial charge in [0.1, 0.15) is 0 Å². The van der Waals surface area contributed by atoms with Crippen LogP contribution in [0.25, 0.3) is 0 Å². The van der Waals surface area contributed by atoms with Crippen molar-refractivity contribution in [2.45, 2.75) is 40.3 Å². The second-order valence-corrected chi connectivity index (χ2v) is 5.05. The third-order valence-electron chi connectivity index (χ3n) is 3.00. The van der Waals surface area contributed by atoms with Crippen molar-refractivity contribution in [1.29, 1.82) is 0 Å². The molecule has 0 aromatic carbocycles. The lowest BCUT2D eigenvalue weighted by molar-refractivity contribution is 0.240. The Morgan fingerprint density at radius 1 is 1.41 bits per heavy atom. The molecule has 0 aliphatic carbocycles. The summed E-state index contributed by atoms with van der Waals surface area (Å²) in [6.45, 7) is 12.4. The number of nitrogens with two attached hydrogens (primary N) is 1. The molecule has 2 N–H and O–H groups in total. The van der Waals surface area contributed by atoms with E-state index in [0.717, 1.165) is 31.9 Å². The van der Waals surface area contributed by atoms with Crippen LogP contribution in [0.5, 0.6) is 0 Å². The second-order valence-electron chi connectivity index (χ2n) is 5.05. The van der Waals surface area contributed by atoms with Crippen molar-refractivity contribution in [2.75, 3.05) is 19.6 Å². The van der Waals surface area contributed by atoms with Gasteiger partial charge in [0.05, 0.1) is 5.69 Å². The summed E-state index contributed by atoms with van der Waals surface area (Å²) in [4.78, 5) is 2.39. The number of hydrogen-bond donors (Lipinski definition) is 1. The van der Waals surface area contributed by atoms with E-state index in [9.17, 15) is 0 Å². The summed E-state index contributed by atoms with van der Waals surface area (Å²) in [5, 5.41) is 4.57. The molecule has 0 saturated heterocycles. The minimum Gasteiger partial charge on any atom is -0.330 e. The SMILES string of the molecule is CCN(Cc1ccn(C(C)C)n1)CC(C)CN. The molecule has 1 rings (SSSR count). The zero-order chi connectivity index (χ0) is 12.8. The normalized spacial score (nSPS) is 13.6. The van der Waals surface area contributed by atoms with Crippen LogP contribution in [0.15, 0.2) is 12.3 Å². The third-order valence-corrected chi connectivity index (χ3v) is 3.00. The lowest BCUT2D eigenvalue weighted by Crippen LogP contribution is -2.31. The van der Waals surface area contributed by atoms with Gasteiger partial charge in [0, 0.05) is 25.3 Å². The average molecular weight is 238 g/mol. The van der Waals surface area contributed by atoms with Crippen LogP contribution in [0.4, 0.5) is 0 Å². The fourth-order valence-electron chi connectivity index (χ4n) is 1.80. The van der Waals surface area contributed by atoms with Gasteiger partial charge in [0.15, 0.2) is 0 Å². The molecular formula is C13H26N4. The van der Waals surface area contributed by atoms with Gasteiger partial charge in [-0.15, -0.1) is 0 Å². The number of hydrogen-bond acceptors (Lipinski definition) is 3. The van der Waals surface area contributed by atoms with Gasteiger partial charge in [-0.05, 0) is 38.9 Å². The maximum absolute atomic E-state index is 5.67. The van der Waals surface area contributed by atoms with E-state index in [2.05, 4.69) is 50.0 Å². The van der Waals surface area contributed by atoms with Gasteiger partial charge in [0.25, 0.3) is 0 Å². The van der Waals surface area contributed by atoms with Gasteiger partial charge in [-0.3, -0.25) is 9.58 Å². The molecule has 17 heavy (non-hydrogen) atoms. The van der Waals surface area contributed by atoms with Crippen LogP contribution in [-0.4, -0.2) is 34.3 Å². The summed E-state index contributed by atoms with van der Waals surface area (Å²) in [6.07, 6.45) is 2.06. The van der Waals surface area contributed by atoms with E-state index in [0.29, 0.717) is 12.0 Å². The fourth-order valence-corrected chi connectivity index (χ4v) is 1.80. The van der Waals surface area contributed by atoms with Gasteiger partial charge in [-0.2, -0.15) is 5.10 Å². The van der Waals surface area contributed by atoms with Gasteiger partial charge in [-0.1, -0.05) is 13.8 Å². The molecule has 1 atom stereocenters. The predicted octanol–water partition coefficient (Wildman–Crippen LogP) is 1.88. The predicted molar refractivity (Wildman–Crippen MR) is 71.8 cm³/mol. The lowest BCUT2D eigenvalue weighted by Gasteiger charge is -2.22. The Bertz CT molecular complexity index is 319. The summed E-state index contributed by atoms with van der Waals surface area (Å²) < 4.78 is 2.01. The third kappa shape index (κ3) is 4.48. The molecule has 0 aliphatic heterocycles. The van der Waals surface area contributed by atoms with Crippen LogP contribution in [0.2, 0.25) is 0 Å². The van der Waals surface area contributed by atoms with E-state index in [-0.39, 0.29) is 0 Å². The molecule has 0 saturated carbocycles. The molecule has 4 heteroatoms. The fraction of sp³-hybridized carbons (Fsp3) is 0.769. The van der Waals surface area contributed by atoms with Crippen molar-refractivity contribution in [1.82, 2.24) is 14.7 Å². The van der Waals surface area contributed by atoms with E-state index in [1.54, 1.807) is 0 Å². The average Bonchev–Trinajstić information content (AvgIpc) is 2.76. The molecule has 1 heterocycles. The van der Waals surface area contributed by atoms with Gasteiger partial charge in [0.2, 0.25) is 0 Å². The standard InChI is InChI=1S/C13H26N4/c1-5-16(9-12(4)8-14)10-13-6-7-17(15-13)11(2)3/h6-7,11-12H,5,8-10,14H2,1-4H3. The molecule has 4 nitrogen and oxygen atoms in total. The first-order valence-electron chi connectivity index (χ1n) is 6.53. The highest BCUT2D eigenvalue weighted by atomic mass is 15.3. The monoisotopic (exact) mass is 238 g/mol. The highest BCUT2D eigenvalue weighted by Gasteiger charge is 2.10. The summed E-state index contributed by atoms with van der Waals surface area (Å²) >= 11 is 0. The van der Waals surface area contributed by atoms with Crippen LogP contribution < -0.4 is 5.73 Å². The topological polar surface area (TPSA) is 47.1 Å². The van der Waals surface area contributed by atoms with Gasteiger partial charge >= 0.3 is 0 Å². The van der Waals surface area contributed by atoms with E-state index in [1.165, 1.54) is 0 Å². The van der Waals surface area contributed by atoms with Crippen molar-refractivity contribution < 1.29 is 0 Å². The van der Waals surface area contributed by atoms with E-state index in [4.69, 9.17) is 5.73 Å². The minimum absolute atomic E-state index is 0.432. The molecule has 0 radical (unpaired) electrons. The zero-order valence-corrected chi connectivity index (χ0v) is 11.6. The number of rotatable bonds is 7. The smallest absolute Gasteiger partial charge is 0.0764 e. The van der Waals surface area contributed by atoms with Crippen molar-refractivity contribution in [3.05, 3.63) is 18.0 Å². The molecule has 1 aromatic rings. The molecular weight excluding hydrogens is 212 g/mol. The lowest BCUT2D eigenvalue weighted by atomic mass is 10.1. The summed E-state index contributed by atoms with van der Waals surface area (Å²) in [5.41, 5.74) is 6.81. The summed E-state index contributed by atoms with van der Waals surface area (Å²) in [7, 11) is 0. The Morgan fingerprint density at radius 2 is 2.12 bits per heavy atom. The quantitative estimate of drug-likeness (QED) is 0.789. The van der Waals surface area contributed by atoms with Crippen LogP contribution >= 0.6 is 0 Å². The molecule has 0 fully saturated rings. The van der Waals surface area contributed by atoms with Gasteiger partial charge in [-0.25, -0.2) is 0 Å². The maximum atomic E-state index is 5.67. The Hall–Kier alpha value is -0.870. The molecule has 0 bridgehead atoms. The van der Waals surface area contributed by atoms with Crippen LogP contribution in [0.1, 0.15) is 39.4 Å². The Morgan fingerprint density at radius 3 is 2.59 bits per heavy atom. The van der Waals surface area contributed by atoms with Crippen LogP contribution in [0, 0.1) is 5.92 Å². The van der Waals surface area contributed by atoms with Gasteiger partial charge < -0.3 is 5.73 Å². The maximum Gasteiger partial charge on any atom is 0.0764 e. The highest BCUT2D eigenvalue weighted by molar-refractivity contribution is 4.99. The Kier molecular flexibility index (Phi) is 5.65. The molecule has 1 unspecified atom stereocenters. The van der Waals surface area contributed by atoms with Crippen LogP contribution in [0.3, 0.4) is 0 Å². The van der Waals surface area contributed by atoms with Crippen molar-refractivity contribution in [3.8, 4) is 0 Å². The van der Waals surface area contributed by atoms with E-state index in [1.807, 2.05) is 4.68 Å². The first kappa shape index (κ1) is 14.2. The summed E-state index contributed by atoms with van der Waals surface area (Å²) in [5.74, 6) is 0.544. The van der Waals surface area contributed by atoms with Crippen LogP contribution in [-0.2, 0) is 6.54 Å².